The molecular weight excluding hydrogens is 552 g/mol. The Balaban J connectivity index is 1.07. The highest BCUT2D eigenvalue weighted by Crippen LogP contribution is 2.35. The van der Waals surface area contributed by atoms with E-state index in [1.54, 1.807) is 0 Å². The molecule has 0 unspecified atom stereocenters. The SMILES string of the molecule is O=C1[C@@H](Cc2cccc3ccc(OCc4ccccc4)cc23)CCC[C@@H]1Cc1cccc2ccc(OCc3ccccc3)cc12. The second-order valence-electron chi connectivity index (χ2n) is 12.3. The van der Waals surface area contributed by atoms with Crippen LogP contribution in [-0.2, 0) is 30.8 Å². The van der Waals surface area contributed by atoms with Gasteiger partial charge < -0.3 is 9.47 Å². The minimum Gasteiger partial charge on any atom is -0.489 e. The molecule has 0 amide bonds. The molecule has 2 atom stereocenters. The van der Waals surface area contributed by atoms with Crippen LogP contribution in [0.5, 0.6) is 11.5 Å². The van der Waals surface area contributed by atoms with Crippen LogP contribution < -0.4 is 9.47 Å². The van der Waals surface area contributed by atoms with Crippen molar-refractivity contribution in [2.75, 3.05) is 0 Å². The molecule has 0 aliphatic heterocycles. The van der Waals surface area contributed by atoms with Crippen molar-refractivity contribution in [1.82, 2.24) is 0 Å². The first kappa shape index (κ1) is 28.9. The van der Waals surface area contributed by atoms with E-state index in [1.807, 2.05) is 48.5 Å². The Kier molecular flexibility index (Phi) is 8.59. The second kappa shape index (κ2) is 13.4. The number of carbonyl (C=O) groups excluding carboxylic acids is 1. The summed E-state index contributed by atoms with van der Waals surface area (Å²) in [6.45, 7) is 1.07. The Labute approximate surface area is 265 Å². The van der Waals surface area contributed by atoms with Crippen molar-refractivity contribution in [2.24, 2.45) is 11.8 Å². The van der Waals surface area contributed by atoms with Crippen molar-refractivity contribution >= 4 is 27.3 Å². The third kappa shape index (κ3) is 6.78. The van der Waals surface area contributed by atoms with Gasteiger partial charge in [0.05, 0.1) is 0 Å². The van der Waals surface area contributed by atoms with Crippen LogP contribution in [0.2, 0.25) is 0 Å². The van der Waals surface area contributed by atoms with Gasteiger partial charge in [0, 0.05) is 11.8 Å². The molecule has 1 aliphatic carbocycles. The topological polar surface area (TPSA) is 35.5 Å². The number of rotatable bonds is 10. The van der Waals surface area contributed by atoms with Gasteiger partial charge in [-0.25, -0.2) is 0 Å². The van der Waals surface area contributed by atoms with Crippen molar-refractivity contribution in [2.45, 2.75) is 45.3 Å². The van der Waals surface area contributed by atoms with E-state index in [-0.39, 0.29) is 11.8 Å². The summed E-state index contributed by atoms with van der Waals surface area (Å²) in [5.41, 5.74) is 4.74. The largest absolute Gasteiger partial charge is 0.489 e. The van der Waals surface area contributed by atoms with E-state index in [4.69, 9.17) is 9.47 Å². The van der Waals surface area contributed by atoms with Crippen LogP contribution in [0.3, 0.4) is 0 Å². The Morgan fingerprint density at radius 2 is 0.978 bits per heavy atom. The van der Waals surface area contributed by atoms with Gasteiger partial charge in [0.1, 0.15) is 30.5 Å². The second-order valence-corrected chi connectivity index (χ2v) is 12.3. The monoisotopic (exact) mass is 590 g/mol. The van der Waals surface area contributed by atoms with Crippen LogP contribution >= 0.6 is 0 Å². The molecule has 0 heterocycles. The number of ether oxygens (including phenoxy) is 2. The van der Waals surface area contributed by atoms with Crippen LogP contribution in [0.1, 0.15) is 41.5 Å². The van der Waals surface area contributed by atoms with E-state index in [2.05, 4.69) is 84.9 Å². The number of fused-ring (bicyclic) bond motifs is 2. The van der Waals surface area contributed by atoms with Gasteiger partial charge >= 0.3 is 0 Å². The first-order chi connectivity index (χ1) is 22.2. The highest BCUT2D eigenvalue weighted by Gasteiger charge is 2.32. The molecule has 7 rings (SSSR count). The number of hydrogen-bond acceptors (Lipinski definition) is 3. The molecule has 0 aromatic heterocycles. The van der Waals surface area contributed by atoms with E-state index < -0.39 is 0 Å². The molecule has 1 fully saturated rings. The van der Waals surface area contributed by atoms with Crippen LogP contribution in [-0.4, -0.2) is 5.78 Å². The summed E-state index contributed by atoms with van der Waals surface area (Å²) in [7, 11) is 0. The molecule has 0 saturated heterocycles. The predicted octanol–water partition coefficient (Wildman–Crippen LogP) is 9.92. The minimum atomic E-state index is 0.0305. The molecule has 45 heavy (non-hydrogen) atoms. The Hall–Kier alpha value is -4.89. The summed E-state index contributed by atoms with van der Waals surface area (Å²) < 4.78 is 12.3. The van der Waals surface area contributed by atoms with Crippen molar-refractivity contribution < 1.29 is 14.3 Å². The quantitative estimate of drug-likeness (QED) is 0.159. The van der Waals surface area contributed by atoms with Gasteiger partial charge in [0.25, 0.3) is 0 Å². The maximum Gasteiger partial charge on any atom is 0.139 e. The maximum absolute atomic E-state index is 14.0. The number of benzene rings is 6. The highest BCUT2D eigenvalue weighted by atomic mass is 16.5. The molecule has 0 N–H and O–H groups in total. The first-order valence-corrected chi connectivity index (χ1v) is 16.1. The summed E-state index contributed by atoms with van der Waals surface area (Å²) in [4.78, 5) is 14.0. The molecular formula is C42H38O3. The van der Waals surface area contributed by atoms with E-state index in [0.29, 0.717) is 19.0 Å². The van der Waals surface area contributed by atoms with E-state index >= 15 is 0 Å². The zero-order valence-corrected chi connectivity index (χ0v) is 25.5. The van der Waals surface area contributed by atoms with E-state index in [9.17, 15) is 4.79 Å². The van der Waals surface area contributed by atoms with Crippen LogP contribution in [0.25, 0.3) is 21.5 Å². The van der Waals surface area contributed by atoms with Gasteiger partial charge in [-0.1, -0.05) is 116 Å². The molecule has 6 aromatic carbocycles. The molecule has 0 spiro atoms. The summed E-state index contributed by atoms with van der Waals surface area (Å²) in [5, 5.41) is 4.71. The molecule has 1 aliphatic rings. The highest BCUT2D eigenvalue weighted by molar-refractivity contribution is 5.91. The minimum absolute atomic E-state index is 0.0305. The normalized spacial score (nSPS) is 16.6. The third-order valence-corrected chi connectivity index (χ3v) is 9.23. The van der Waals surface area contributed by atoms with Gasteiger partial charge in [0.2, 0.25) is 0 Å². The molecule has 6 aromatic rings. The van der Waals surface area contributed by atoms with Crippen molar-refractivity contribution in [3.63, 3.8) is 0 Å². The summed E-state index contributed by atoms with van der Waals surface area (Å²) in [6, 6.07) is 46.0. The zero-order valence-electron chi connectivity index (χ0n) is 25.5. The number of hydrogen-bond donors (Lipinski definition) is 0. The Bertz CT molecular complexity index is 1770. The summed E-state index contributed by atoms with van der Waals surface area (Å²) in [6.07, 6.45) is 4.50. The Morgan fingerprint density at radius 3 is 1.44 bits per heavy atom. The lowest BCUT2D eigenvalue weighted by Crippen LogP contribution is -2.31. The molecule has 3 heteroatoms. The fraction of sp³-hybridized carbons (Fsp3) is 0.214. The fourth-order valence-electron chi connectivity index (χ4n) is 6.82. The molecule has 224 valence electrons. The van der Waals surface area contributed by atoms with Crippen LogP contribution in [0.15, 0.2) is 133 Å². The third-order valence-electron chi connectivity index (χ3n) is 9.23. The number of Topliss-reactive ketones (excluding diaryl/α,β-unsaturated/α-hetero) is 1. The fourth-order valence-corrected chi connectivity index (χ4v) is 6.82. The molecule has 0 radical (unpaired) electrons. The summed E-state index contributed by atoms with van der Waals surface area (Å²) in [5.74, 6) is 2.18. The number of carbonyl (C=O) groups is 1. The standard InChI is InChI=1S/C42H38O3/c43-42-36(24-34-16-7-14-32-20-22-38(26-40(32)34)44-28-30-10-3-1-4-11-30)18-9-19-37(42)25-35-17-8-15-33-21-23-39(27-41(33)35)45-29-31-12-5-2-6-13-31/h1-8,10-17,20-23,26-27,36-37H,9,18-19,24-25,28-29H2/t36-,37-/m1/s1. The van der Waals surface area contributed by atoms with Gasteiger partial charge in [-0.05, 0) is 93.7 Å². The van der Waals surface area contributed by atoms with Gasteiger partial charge in [-0.3, -0.25) is 4.79 Å². The molecule has 1 saturated carbocycles. The average Bonchev–Trinajstić information content (AvgIpc) is 3.09. The molecule has 3 nitrogen and oxygen atoms in total. The molecule has 0 bridgehead atoms. The first-order valence-electron chi connectivity index (χ1n) is 16.1. The van der Waals surface area contributed by atoms with E-state index in [1.165, 1.54) is 32.7 Å². The lowest BCUT2D eigenvalue weighted by molar-refractivity contribution is -0.129. The maximum atomic E-state index is 14.0. The lowest BCUT2D eigenvalue weighted by atomic mass is 9.74. The van der Waals surface area contributed by atoms with E-state index in [0.717, 1.165) is 54.7 Å². The number of ketones is 1. The van der Waals surface area contributed by atoms with Crippen LogP contribution in [0, 0.1) is 11.8 Å². The Morgan fingerprint density at radius 1 is 0.511 bits per heavy atom. The smallest absolute Gasteiger partial charge is 0.139 e. The van der Waals surface area contributed by atoms with Gasteiger partial charge in [-0.2, -0.15) is 0 Å². The van der Waals surface area contributed by atoms with Crippen molar-refractivity contribution in [3.05, 3.63) is 156 Å². The average molecular weight is 591 g/mol. The van der Waals surface area contributed by atoms with Crippen molar-refractivity contribution in [3.8, 4) is 11.5 Å². The van der Waals surface area contributed by atoms with Gasteiger partial charge in [-0.15, -0.1) is 0 Å². The van der Waals surface area contributed by atoms with Gasteiger partial charge in [0.15, 0.2) is 0 Å². The predicted molar refractivity (Wildman–Crippen MR) is 183 cm³/mol. The van der Waals surface area contributed by atoms with Crippen molar-refractivity contribution in [1.29, 1.82) is 0 Å². The zero-order chi connectivity index (χ0) is 30.4. The van der Waals surface area contributed by atoms with Crippen LogP contribution in [0.4, 0.5) is 0 Å². The lowest BCUT2D eigenvalue weighted by Gasteiger charge is -2.28. The summed E-state index contributed by atoms with van der Waals surface area (Å²) >= 11 is 0.